The molecular weight excluding hydrogens is 388 g/mol. The van der Waals surface area contributed by atoms with Crippen LogP contribution in [0.5, 0.6) is 0 Å². The van der Waals surface area contributed by atoms with Crippen molar-refractivity contribution >= 4 is 34.0 Å². The number of carbonyl (C=O) groups excluding carboxylic acids is 2. The van der Waals surface area contributed by atoms with E-state index in [2.05, 4.69) is 20.6 Å². The first-order chi connectivity index (χ1) is 14.7. The number of nitrogens with zero attached hydrogens (tertiary/aromatic N) is 6. The summed E-state index contributed by atoms with van der Waals surface area (Å²) in [6, 6.07) is 20.0. The minimum absolute atomic E-state index is 0.234. The fourth-order valence-electron chi connectivity index (χ4n) is 2.83. The topological polar surface area (TPSA) is 114 Å². The fourth-order valence-corrected chi connectivity index (χ4v) is 2.83. The van der Waals surface area contributed by atoms with Crippen LogP contribution in [0.4, 0.5) is 0 Å². The molecule has 30 heavy (non-hydrogen) atoms. The minimum Gasteiger partial charge on any atom is -0.312 e. The van der Waals surface area contributed by atoms with Crippen LogP contribution >= 0.6 is 0 Å². The summed E-state index contributed by atoms with van der Waals surface area (Å²) in [7, 11) is 0. The Kier molecular flexibility index (Phi) is 4.14. The van der Waals surface area contributed by atoms with Crippen molar-refractivity contribution < 1.29 is 19.3 Å². The van der Waals surface area contributed by atoms with E-state index in [0.717, 1.165) is 9.69 Å². The van der Waals surface area contributed by atoms with Gasteiger partial charge in [-0.3, -0.25) is 0 Å². The van der Waals surface area contributed by atoms with Gasteiger partial charge in [0.25, 0.3) is 0 Å². The van der Waals surface area contributed by atoms with Crippen molar-refractivity contribution in [3.63, 3.8) is 0 Å². The molecule has 0 saturated heterocycles. The number of para-hydroxylation sites is 2. The van der Waals surface area contributed by atoms with E-state index in [-0.39, 0.29) is 11.1 Å². The lowest BCUT2D eigenvalue weighted by Gasteiger charge is -2.05. The summed E-state index contributed by atoms with van der Waals surface area (Å²) >= 11 is 0. The second-order valence-electron chi connectivity index (χ2n) is 6.24. The van der Waals surface area contributed by atoms with Crippen molar-refractivity contribution in [3.05, 3.63) is 83.9 Å². The number of hydrogen-bond donors (Lipinski definition) is 0. The van der Waals surface area contributed by atoms with Gasteiger partial charge in [0.2, 0.25) is 0 Å². The van der Waals surface area contributed by atoms with Crippen LogP contribution in [-0.2, 0) is 0 Å². The van der Waals surface area contributed by atoms with E-state index in [0.29, 0.717) is 22.1 Å². The summed E-state index contributed by atoms with van der Waals surface area (Å²) in [6.07, 6.45) is 0. The van der Waals surface area contributed by atoms with Crippen LogP contribution < -0.4 is 9.68 Å². The van der Waals surface area contributed by atoms with Crippen LogP contribution in [0.2, 0.25) is 0 Å². The summed E-state index contributed by atoms with van der Waals surface area (Å²) in [5.41, 5.74) is 2.79. The van der Waals surface area contributed by atoms with Crippen molar-refractivity contribution in [2.75, 3.05) is 0 Å². The molecule has 0 saturated carbocycles. The van der Waals surface area contributed by atoms with E-state index < -0.39 is 11.9 Å². The number of rotatable bonds is 4. The molecular formula is C20H12N6O4. The molecule has 0 unspecified atom stereocenters. The van der Waals surface area contributed by atoms with Crippen LogP contribution in [0.15, 0.2) is 72.8 Å². The Morgan fingerprint density at radius 3 is 1.43 bits per heavy atom. The molecule has 0 bridgehead atoms. The molecule has 0 spiro atoms. The van der Waals surface area contributed by atoms with E-state index in [4.69, 9.17) is 9.68 Å². The highest BCUT2D eigenvalue weighted by Gasteiger charge is 2.16. The van der Waals surface area contributed by atoms with Crippen LogP contribution in [0.25, 0.3) is 22.1 Å². The Morgan fingerprint density at radius 2 is 1.00 bits per heavy atom. The molecule has 0 atom stereocenters. The maximum absolute atomic E-state index is 12.4. The van der Waals surface area contributed by atoms with E-state index in [1.165, 1.54) is 24.3 Å². The fraction of sp³-hybridized carbons (Fsp3) is 0. The van der Waals surface area contributed by atoms with Crippen molar-refractivity contribution in [1.29, 1.82) is 0 Å². The molecule has 0 amide bonds. The number of fused-ring (bicyclic) bond motifs is 2. The summed E-state index contributed by atoms with van der Waals surface area (Å²) in [6.45, 7) is 0. The molecule has 0 aliphatic rings. The van der Waals surface area contributed by atoms with Gasteiger partial charge in [-0.2, -0.15) is 0 Å². The van der Waals surface area contributed by atoms with Crippen molar-refractivity contribution in [2.24, 2.45) is 0 Å². The Morgan fingerprint density at radius 1 is 0.600 bits per heavy atom. The predicted molar refractivity (Wildman–Crippen MR) is 103 cm³/mol. The third-order valence-electron chi connectivity index (χ3n) is 4.34. The molecule has 0 aliphatic carbocycles. The van der Waals surface area contributed by atoms with Gasteiger partial charge < -0.3 is 9.68 Å². The van der Waals surface area contributed by atoms with Gasteiger partial charge in [0.15, 0.2) is 0 Å². The third-order valence-corrected chi connectivity index (χ3v) is 4.34. The van der Waals surface area contributed by atoms with Crippen molar-refractivity contribution in [1.82, 2.24) is 30.3 Å². The maximum Gasteiger partial charge on any atom is 0.365 e. The Hall–Kier alpha value is -4.60. The molecule has 0 aliphatic heterocycles. The number of aromatic nitrogens is 6. The molecule has 5 rings (SSSR count). The molecule has 146 valence electrons. The quantitative estimate of drug-likeness (QED) is 0.419. The number of benzene rings is 3. The zero-order valence-electron chi connectivity index (χ0n) is 15.2. The Balaban J connectivity index is 1.31. The van der Waals surface area contributed by atoms with E-state index in [1.807, 2.05) is 12.1 Å². The zero-order valence-corrected chi connectivity index (χ0v) is 15.2. The summed E-state index contributed by atoms with van der Waals surface area (Å²) in [5.74, 6) is -1.29. The first-order valence-electron chi connectivity index (χ1n) is 8.85. The average Bonchev–Trinajstić information content (AvgIpc) is 3.38. The first-order valence-corrected chi connectivity index (χ1v) is 8.85. The Bertz CT molecular complexity index is 1280. The molecule has 2 heterocycles. The standard InChI is InChI=1S/C20H12N6O4/c27-19(29-25-17-7-3-1-5-15(17)21-23-25)13-9-11-14(12-10-13)20(28)30-26-18-8-4-2-6-16(18)22-24-26/h1-12H. The molecule has 3 aromatic carbocycles. The first kappa shape index (κ1) is 17.5. The third kappa shape index (κ3) is 3.11. The molecule has 2 aromatic heterocycles. The van der Waals surface area contributed by atoms with E-state index in [1.54, 1.807) is 36.4 Å². The normalized spacial score (nSPS) is 10.9. The Labute approximate surface area is 168 Å². The average molecular weight is 400 g/mol. The van der Waals surface area contributed by atoms with E-state index in [9.17, 15) is 9.59 Å². The van der Waals surface area contributed by atoms with Gasteiger partial charge in [-0.25, -0.2) is 9.59 Å². The van der Waals surface area contributed by atoms with Crippen LogP contribution in [0.1, 0.15) is 20.7 Å². The number of hydrogen-bond acceptors (Lipinski definition) is 8. The van der Waals surface area contributed by atoms with Gasteiger partial charge in [0.05, 0.1) is 11.1 Å². The van der Waals surface area contributed by atoms with Crippen LogP contribution in [-0.4, -0.2) is 42.3 Å². The van der Waals surface area contributed by atoms with Gasteiger partial charge in [0.1, 0.15) is 22.1 Å². The van der Waals surface area contributed by atoms with Gasteiger partial charge in [-0.05, 0) is 59.0 Å². The molecule has 0 radical (unpaired) electrons. The van der Waals surface area contributed by atoms with Gasteiger partial charge >= 0.3 is 11.9 Å². The SMILES string of the molecule is O=C(On1nnc2ccccc21)c1ccc(C(=O)On2nnc3ccccc32)cc1. The largest absolute Gasteiger partial charge is 0.365 e. The molecule has 10 nitrogen and oxygen atoms in total. The van der Waals surface area contributed by atoms with Gasteiger partial charge in [-0.15, -0.1) is 10.2 Å². The second-order valence-corrected chi connectivity index (χ2v) is 6.24. The van der Waals surface area contributed by atoms with Crippen molar-refractivity contribution in [3.8, 4) is 0 Å². The van der Waals surface area contributed by atoms with Gasteiger partial charge in [0, 0.05) is 0 Å². The minimum atomic E-state index is -0.646. The van der Waals surface area contributed by atoms with Crippen LogP contribution in [0.3, 0.4) is 0 Å². The highest BCUT2D eigenvalue weighted by molar-refractivity contribution is 5.94. The highest BCUT2D eigenvalue weighted by Crippen LogP contribution is 2.12. The lowest BCUT2D eigenvalue weighted by atomic mass is 10.1. The maximum atomic E-state index is 12.4. The monoisotopic (exact) mass is 400 g/mol. The molecule has 5 aromatic rings. The molecule has 0 fully saturated rings. The van der Waals surface area contributed by atoms with E-state index >= 15 is 0 Å². The van der Waals surface area contributed by atoms with Crippen LogP contribution in [0, 0.1) is 0 Å². The second kappa shape index (κ2) is 7.09. The lowest BCUT2D eigenvalue weighted by Crippen LogP contribution is -2.22. The predicted octanol–water partition coefficient (Wildman–Crippen LogP) is 1.71. The lowest BCUT2D eigenvalue weighted by molar-refractivity contribution is 0.0395. The zero-order chi connectivity index (χ0) is 20.5. The van der Waals surface area contributed by atoms with Crippen molar-refractivity contribution in [2.45, 2.75) is 0 Å². The molecule has 10 heteroatoms. The summed E-state index contributed by atoms with van der Waals surface area (Å²) in [5, 5.41) is 15.5. The summed E-state index contributed by atoms with van der Waals surface area (Å²) in [4.78, 5) is 37.4. The summed E-state index contributed by atoms with van der Waals surface area (Å²) < 4.78 is 0. The highest BCUT2D eigenvalue weighted by atomic mass is 16.7. The molecule has 0 N–H and O–H groups in total. The number of carbonyl (C=O) groups is 2. The smallest absolute Gasteiger partial charge is 0.312 e. The van der Waals surface area contributed by atoms with Gasteiger partial charge in [-0.1, -0.05) is 34.0 Å².